The molecule has 2 aromatic carbocycles. The van der Waals surface area contributed by atoms with E-state index in [4.69, 9.17) is 9.47 Å². The van der Waals surface area contributed by atoms with Gasteiger partial charge in [-0.15, -0.1) is 0 Å². The highest BCUT2D eigenvalue weighted by molar-refractivity contribution is 8.78. The number of esters is 2. The van der Waals surface area contributed by atoms with Crippen molar-refractivity contribution in [3.8, 4) is 0 Å². The Bertz CT molecular complexity index is 1730. The van der Waals surface area contributed by atoms with Crippen LogP contribution in [0.2, 0.25) is 0 Å². The van der Waals surface area contributed by atoms with E-state index in [9.17, 15) is 28.8 Å². The normalized spacial score (nSPS) is 27.4. The molecule has 51 heavy (non-hydrogen) atoms. The van der Waals surface area contributed by atoms with Crippen molar-refractivity contribution in [1.29, 1.82) is 0 Å². The first kappa shape index (κ1) is 38.9. The minimum atomic E-state index is -1.36. The van der Waals surface area contributed by atoms with Gasteiger partial charge in [0.2, 0.25) is 15.6 Å². The van der Waals surface area contributed by atoms with Gasteiger partial charge in [-0.25, -0.2) is 0 Å². The summed E-state index contributed by atoms with van der Waals surface area (Å²) >= 11 is 0. The number of fused-ring (bicyclic) bond motifs is 3. The molecule has 4 saturated heterocycles. The average Bonchev–Trinajstić information content (AvgIpc) is 3.11. The Morgan fingerprint density at radius 2 is 1.08 bits per heavy atom. The van der Waals surface area contributed by atoms with Crippen molar-refractivity contribution in [2.75, 3.05) is 41.4 Å². The van der Waals surface area contributed by atoms with E-state index < -0.39 is 37.2 Å². The van der Waals surface area contributed by atoms with Crippen LogP contribution in [-0.4, -0.2) is 111 Å². The average molecular weight is 775 g/mol. The maximum absolute atomic E-state index is 13.7. The van der Waals surface area contributed by atoms with Crippen molar-refractivity contribution in [2.24, 2.45) is 0 Å². The molecule has 0 spiro atoms. The molecule has 4 aliphatic rings. The van der Waals surface area contributed by atoms with Gasteiger partial charge in [0.1, 0.15) is 18.0 Å². The molecule has 16 heteroatoms. The summed E-state index contributed by atoms with van der Waals surface area (Å²) in [6, 6.07) is 16.3. The van der Waals surface area contributed by atoms with E-state index >= 15 is 0 Å². The summed E-state index contributed by atoms with van der Waals surface area (Å²) in [7, 11) is 11.4. The smallest absolute Gasteiger partial charge is 0.302 e. The van der Waals surface area contributed by atoms with Gasteiger partial charge < -0.3 is 29.5 Å². The molecule has 0 aromatic heterocycles. The number of rotatable bonds is 12. The summed E-state index contributed by atoms with van der Waals surface area (Å²) in [5, 5.41) is 2.60. The molecule has 4 fully saturated rings. The third-order valence-electron chi connectivity index (χ3n) is 9.60. The molecule has 4 atom stereocenters. The van der Waals surface area contributed by atoms with E-state index in [0.29, 0.717) is 12.8 Å². The van der Waals surface area contributed by atoms with Gasteiger partial charge in [0.15, 0.2) is 4.87 Å². The highest BCUT2D eigenvalue weighted by Gasteiger charge is 2.68. The van der Waals surface area contributed by atoms with Crippen LogP contribution in [-0.2, 0) is 63.9 Å². The molecule has 12 nitrogen and oxygen atoms in total. The fourth-order valence-corrected chi connectivity index (χ4v) is 13.3. The number of piperazine rings is 1. The maximum Gasteiger partial charge on any atom is 0.302 e. The van der Waals surface area contributed by atoms with Crippen LogP contribution in [0.4, 0.5) is 0 Å². The topological polar surface area (TPSA) is 143 Å². The van der Waals surface area contributed by atoms with Gasteiger partial charge in [0, 0.05) is 48.5 Å². The molecule has 2 bridgehead atoms. The van der Waals surface area contributed by atoms with Crippen LogP contribution < -0.4 is 5.32 Å². The second-order valence-electron chi connectivity index (χ2n) is 13.1. The number of carbonyl (C=O) groups is 6. The summed E-state index contributed by atoms with van der Waals surface area (Å²) in [4.78, 5) is 77.2. The maximum atomic E-state index is 13.7. The molecule has 4 amide bonds. The molecule has 274 valence electrons. The zero-order valence-electron chi connectivity index (χ0n) is 29.6. The molecule has 4 aliphatic heterocycles. The Labute approximate surface area is 313 Å². The number of nitrogens with one attached hydrogen (secondary N) is 1. The number of likely N-dealkylation sites (N-methyl/N-ethyl adjacent to an activating group) is 4. The van der Waals surface area contributed by atoms with E-state index in [1.807, 2.05) is 43.3 Å². The third-order valence-corrected chi connectivity index (χ3v) is 17.1. The number of ether oxygens (including phenoxy) is 2. The number of hydrogen-bond acceptors (Lipinski definition) is 12. The molecule has 6 rings (SSSR count). The van der Waals surface area contributed by atoms with Crippen molar-refractivity contribution in [1.82, 2.24) is 20.0 Å². The third kappa shape index (κ3) is 7.20. The Balaban J connectivity index is 1.18. The van der Waals surface area contributed by atoms with Gasteiger partial charge in [-0.2, -0.15) is 0 Å². The Morgan fingerprint density at radius 1 is 0.627 bits per heavy atom. The minimum Gasteiger partial charge on any atom is -0.462 e. The Morgan fingerprint density at radius 3 is 1.61 bits per heavy atom. The van der Waals surface area contributed by atoms with Gasteiger partial charge in [-0.05, 0) is 59.2 Å². The summed E-state index contributed by atoms with van der Waals surface area (Å²) in [6.07, 6.45) is 2.40. The Kier molecular flexibility index (Phi) is 11.4. The lowest BCUT2D eigenvalue weighted by molar-refractivity contribution is -0.168. The number of nitrogens with zero attached hydrogens (tertiary/aromatic N) is 3. The minimum absolute atomic E-state index is 0.199. The van der Waals surface area contributed by atoms with Crippen molar-refractivity contribution in [3.05, 3.63) is 70.8 Å². The lowest BCUT2D eigenvalue weighted by Crippen LogP contribution is -2.77. The number of aryl methyl sites for hydroxylation is 2. The molecule has 0 unspecified atom stereocenters. The van der Waals surface area contributed by atoms with Gasteiger partial charge in [0.05, 0.1) is 0 Å². The molecule has 4 heterocycles. The van der Waals surface area contributed by atoms with Gasteiger partial charge in [0.25, 0.3) is 17.7 Å². The molecule has 1 N–H and O–H groups in total. The van der Waals surface area contributed by atoms with E-state index in [2.05, 4.69) is 17.4 Å². The molecular formula is C35H42N4O8S4. The highest BCUT2D eigenvalue weighted by Crippen LogP contribution is 2.59. The van der Waals surface area contributed by atoms with E-state index in [0.717, 1.165) is 35.1 Å². The van der Waals surface area contributed by atoms with Crippen molar-refractivity contribution < 1.29 is 38.2 Å². The predicted molar refractivity (Wildman–Crippen MR) is 200 cm³/mol. The fraction of sp³-hybridized carbons (Fsp3) is 0.486. The zero-order chi connectivity index (χ0) is 37.4. The van der Waals surface area contributed by atoms with Crippen LogP contribution in [0.3, 0.4) is 0 Å². The first-order chi connectivity index (χ1) is 24.0. The van der Waals surface area contributed by atoms with Crippen molar-refractivity contribution in [3.63, 3.8) is 0 Å². The van der Waals surface area contributed by atoms with Crippen LogP contribution in [0.1, 0.15) is 43.0 Å². The molecule has 2 aromatic rings. The molecule has 0 radical (unpaired) electrons. The zero-order valence-corrected chi connectivity index (χ0v) is 32.9. The molecular weight excluding hydrogens is 733 g/mol. The number of benzene rings is 2. The van der Waals surface area contributed by atoms with Crippen LogP contribution in [0.5, 0.6) is 0 Å². The quantitative estimate of drug-likeness (QED) is 0.250. The van der Waals surface area contributed by atoms with Crippen LogP contribution in [0.25, 0.3) is 0 Å². The number of amides is 4. The van der Waals surface area contributed by atoms with Crippen LogP contribution in [0, 0.1) is 0 Å². The summed E-state index contributed by atoms with van der Waals surface area (Å²) < 4.78 is 9.54. The lowest BCUT2D eigenvalue weighted by Gasteiger charge is -2.58. The summed E-state index contributed by atoms with van der Waals surface area (Å²) in [6.45, 7) is 3.96. The monoisotopic (exact) mass is 774 g/mol. The van der Waals surface area contributed by atoms with Gasteiger partial charge in [-0.1, -0.05) is 80.9 Å². The Hall–Kier alpha value is -3.34. The SMILES string of the molecule is CNC(=O)[C@]1(COC(C)=O)SS[C@@](C)(Cc2ccc(CCc3ccc(C[C@@]45SS[C@@](COC(C)=O)(C(=O)N4C)N(C)C5=O)cc3)cc2)C(=O)N1C. The van der Waals surface area contributed by atoms with E-state index in [1.165, 1.54) is 78.8 Å². The van der Waals surface area contributed by atoms with Crippen LogP contribution in [0.15, 0.2) is 48.5 Å². The second-order valence-corrected chi connectivity index (χ2v) is 18.7. The first-order valence-electron chi connectivity index (χ1n) is 16.3. The second kappa shape index (κ2) is 15.0. The highest BCUT2D eigenvalue weighted by atomic mass is 33.1. The van der Waals surface area contributed by atoms with Crippen molar-refractivity contribution in [2.45, 2.75) is 65.8 Å². The summed E-state index contributed by atoms with van der Waals surface area (Å²) in [5.41, 5.74) is 4.19. The predicted octanol–water partition coefficient (Wildman–Crippen LogP) is 3.46. The first-order valence-corrected chi connectivity index (χ1v) is 20.6. The molecule has 0 saturated carbocycles. The van der Waals surface area contributed by atoms with Crippen molar-refractivity contribution >= 4 is 78.7 Å². The fourth-order valence-electron chi connectivity index (χ4n) is 6.32. The molecule has 0 aliphatic carbocycles. The number of hydrogen-bond donors (Lipinski definition) is 1. The van der Waals surface area contributed by atoms with Crippen LogP contribution >= 0.6 is 43.2 Å². The number of carbonyl (C=O) groups excluding carboxylic acids is 6. The van der Waals surface area contributed by atoms with E-state index in [1.54, 1.807) is 21.1 Å². The summed E-state index contributed by atoms with van der Waals surface area (Å²) in [5.74, 6) is -2.13. The largest absolute Gasteiger partial charge is 0.462 e. The standard InChI is InChI=1S/C35H42N4O8S4/c1-22(40)46-20-34(28(42)36-4)37(5)29(43)32(3,48-50-34)18-26-14-10-24(11-15-26)8-9-25-12-16-27(17-13-25)19-33-30(44)39(7)35(51-49-33,21-47-23(2)41)31(45)38(33)6/h10-17H,8-9,18-21H2,1-7H3,(H,36,42)/t32-,33-,34-,35-/m0/s1. The lowest BCUT2D eigenvalue weighted by atomic mass is 9.95. The van der Waals surface area contributed by atoms with Gasteiger partial charge in [-0.3, -0.25) is 28.8 Å². The van der Waals surface area contributed by atoms with Gasteiger partial charge >= 0.3 is 11.9 Å². The van der Waals surface area contributed by atoms with E-state index in [-0.39, 0.29) is 30.9 Å².